The van der Waals surface area contributed by atoms with Crippen molar-refractivity contribution in [1.29, 1.82) is 0 Å². The zero-order chi connectivity index (χ0) is 13.2. The fraction of sp³-hybridized carbons (Fsp3) is 0.0833. The summed E-state index contributed by atoms with van der Waals surface area (Å²) in [5.41, 5.74) is 6.84. The van der Waals surface area contributed by atoms with Crippen LogP contribution in [0.4, 0.5) is 11.5 Å². The SMILES string of the molecule is Cc1cc(N)cc(S(=O)(=O)Nc2ccccn2)c1. The molecule has 2 rings (SSSR count). The van der Waals surface area contributed by atoms with Crippen LogP contribution in [0.5, 0.6) is 0 Å². The molecule has 0 unspecified atom stereocenters. The molecule has 0 radical (unpaired) electrons. The van der Waals surface area contributed by atoms with Gasteiger partial charge in [0.15, 0.2) is 0 Å². The molecule has 1 heterocycles. The van der Waals surface area contributed by atoms with Gasteiger partial charge in [-0.3, -0.25) is 4.72 Å². The van der Waals surface area contributed by atoms with Gasteiger partial charge in [-0.05, 0) is 42.8 Å². The summed E-state index contributed by atoms with van der Waals surface area (Å²) >= 11 is 0. The average molecular weight is 263 g/mol. The van der Waals surface area contributed by atoms with E-state index in [-0.39, 0.29) is 10.7 Å². The topological polar surface area (TPSA) is 85.1 Å². The quantitative estimate of drug-likeness (QED) is 0.826. The Hall–Kier alpha value is -2.08. The molecule has 6 heteroatoms. The first kappa shape index (κ1) is 12.4. The molecule has 1 aromatic carbocycles. The maximum absolute atomic E-state index is 12.1. The molecule has 0 fully saturated rings. The minimum absolute atomic E-state index is 0.130. The summed E-state index contributed by atoms with van der Waals surface area (Å²) in [6.45, 7) is 1.79. The Morgan fingerprint density at radius 3 is 2.61 bits per heavy atom. The number of nitrogens with zero attached hydrogens (tertiary/aromatic N) is 1. The molecule has 0 spiro atoms. The van der Waals surface area contributed by atoms with E-state index in [0.717, 1.165) is 5.56 Å². The number of aromatic nitrogens is 1. The number of nitrogens with one attached hydrogen (secondary N) is 1. The standard InChI is InChI=1S/C12H13N3O2S/c1-9-6-10(13)8-11(7-9)18(16,17)15-12-4-2-3-5-14-12/h2-8H,13H2,1H3,(H,14,15). The number of pyridine rings is 1. The first-order valence-electron chi connectivity index (χ1n) is 5.28. The highest BCUT2D eigenvalue weighted by Crippen LogP contribution is 2.18. The largest absolute Gasteiger partial charge is 0.399 e. The molecule has 0 atom stereocenters. The average Bonchev–Trinajstić information content (AvgIpc) is 2.28. The number of nitrogens with two attached hydrogens (primary N) is 1. The normalized spacial score (nSPS) is 11.2. The Kier molecular flexibility index (Phi) is 3.20. The molecule has 18 heavy (non-hydrogen) atoms. The lowest BCUT2D eigenvalue weighted by Crippen LogP contribution is -2.14. The van der Waals surface area contributed by atoms with Crippen LogP contribution in [-0.2, 0) is 10.0 Å². The highest BCUT2D eigenvalue weighted by Gasteiger charge is 2.15. The van der Waals surface area contributed by atoms with Crippen LogP contribution < -0.4 is 10.5 Å². The van der Waals surface area contributed by atoms with Crippen LogP contribution in [-0.4, -0.2) is 13.4 Å². The summed E-state index contributed by atoms with van der Waals surface area (Å²) in [6, 6.07) is 9.67. The molecule has 0 aliphatic rings. The summed E-state index contributed by atoms with van der Waals surface area (Å²) in [4.78, 5) is 4.04. The zero-order valence-electron chi connectivity index (χ0n) is 9.79. The predicted octanol–water partition coefficient (Wildman–Crippen LogP) is 1.77. The number of aryl methyl sites for hydroxylation is 1. The lowest BCUT2D eigenvalue weighted by atomic mass is 10.2. The van der Waals surface area contributed by atoms with Gasteiger partial charge in [-0.2, -0.15) is 0 Å². The van der Waals surface area contributed by atoms with Crippen LogP contribution in [0.1, 0.15) is 5.56 Å². The number of nitrogen functional groups attached to an aromatic ring is 1. The minimum Gasteiger partial charge on any atom is -0.399 e. The predicted molar refractivity (Wildman–Crippen MR) is 70.6 cm³/mol. The van der Waals surface area contributed by atoms with Gasteiger partial charge in [0, 0.05) is 11.9 Å². The van der Waals surface area contributed by atoms with Gasteiger partial charge in [-0.25, -0.2) is 13.4 Å². The highest BCUT2D eigenvalue weighted by molar-refractivity contribution is 7.92. The third-order valence-electron chi connectivity index (χ3n) is 2.29. The Labute approximate surface area is 106 Å². The molecule has 0 saturated carbocycles. The fourth-order valence-corrected chi connectivity index (χ4v) is 2.70. The van der Waals surface area contributed by atoms with E-state index >= 15 is 0 Å². The fourth-order valence-electron chi connectivity index (χ4n) is 1.55. The zero-order valence-corrected chi connectivity index (χ0v) is 10.6. The number of hydrogen-bond acceptors (Lipinski definition) is 4. The van der Waals surface area contributed by atoms with Gasteiger partial charge in [0.1, 0.15) is 5.82 Å². The second-order valence-corrected chi connectivity index (χ2v) is 5.58. The van der Waals surface area contributed by atoms with Gasteiger partial charge in [-0.15, -0.1) is 0 Å². The van der Waals surface area contributed by atoms with E-state index < -0.39 is 10.0 Å². The summed E-state index contributed by atoms with van der Waals surface area (Å²) < 4.78 is 26.6. The molecule has 0 bridgehead atoms. The maximum atomic E-state index is 12.1. The van der Waals surface area contributed by atoms with Gasteiger partial charge in [0.25, 0.3) is 10.0 Å². The molecular weight excluding hydrogens is 250 g/mol. The van der Waals surface area contributed by atoms with E-state index in [9.17, 15) is 8.42 Å². The van der Waals surface area contributed by atoms with E-state index in [1.54, 1.807) is 37.3 Å². The summed E-state index contributed by atoms with van der Waals surface area (Å²) in [7, 11) is -3.65. The molecule has 1 aromatic heterocycles. The first-order chi connectivity index (χ1) is 8.47. The van der Waals surface area contributed by atoms with E-state index in [4.69, 9.17) is 5.73 Å². The summed E-state index contributed by atoms with van der Waals surface area (Å²) in [5, 5.41) is 0. The van der Waals surface area contributed by atoms with Gasteiger partial charge in [-0.1, -0.05) is 6.07 Å². The first-order valence-corrected chi connectivity index (χ1v) is 6.77. The molecule has 0 amide bonds. The molecule has 94 valence electrons. The van der Waals surface area contributed by atoms with E-state index in [2.05, 4.69) is 9.71 Å². The van der Waals surface area contributed by atoms with Crippen molar-refractivity contribution >= 4 is 21.5 Å². The van der Waals surface area contributed by atoms with Crippen molar-refractivity contribution in [1.82, 2.24) is 4.98 Å². The highest BCUT2D eigenvalue weighted by atomic mass is 32.2. The minimum atomic E-state index is -3.65. The Balaban J connectivity index is 2.37. The smallest absolute Gasteiger partial charge is 0.263 e. The third-order valence-corrected chi connectivity index (χ3v) is 3.62. The molecule has 5 nitrogen and oxygen atoms in total. The molecule has 0 aliphatic heterocycles. The van der Waals surface area contributed by atoms with Crippen molar-refractivity contribution in [2.24, 2.45) is 0 Å². The number of hydrogen-bond donors (Lipinski definition) is 2. The van der Waals surface area contributed by atoms with E-state index in [1.807, 2.05) is 0 Å². The molecule has 3 N–H and O–H groups in total. The maximum Gasteiger partial charge on any atom is 0.263 e. The number of benzene rings is 1. The van der Waals surface area contributed by atoms with Crippen molar-refractivity contribution in [3.8, 4) is 0 Å². The Morgan fingerprint density at radius 2 is 2.00 bits per heavy atom. The number of anilines is 2. The molecule has 2 aromatic rings. The lowest BCUT2D eigenvalue weighted by molar-refractivity contribution is 0.601. The molecule has 0 saturated heterocycles. The number of sulfonamides is 1. The summed E-state index contributed by atoms with van der Waals surface area (Å²) in [6.07, 6.45) is 1.52. The monoisotopic (exact) mass is 263 g/mol. The third kappa shape index (κ3) is 2.78. The van der Waals surface area contributed by atoms with Crippen LogP contribution >= 0.6 is 0 Å². The van der Waals surface area contributed by atoms with Crippen molar-refractivity contribution < 1.29 is 8.42 Å². The molecule has 0 aliphatic carbocycles. The van der Waals surface area contributed by atoms with Crippen LogP contribution in [0, 0.1) is 6.92 Å². The second-order valence-electron chi connectivity index (χ2n) is 3.90. The lowest BCUT2D eigenvalue weighted by Gasteiger charge is -2.08. The molecular formula is C12H13N3O2S. The van der Waals surface area contributed by atoms with Crippen molar-refractivity contribution in [2.45, 2.75) is 11.8 Å². The van der Waals surface area contributed by atoms with Crippen LogP contribution in [0.25, 0.3) is 0 Å². The number of rotatable bonds is 3. The van der Waals surface area contributed by atoms with Crippen LogP contribution in [0.15, 0.2) is 47.5 Å². The van der Waals surface area contributed by atoms with Crippen molar-refractivity contribution in [3.05, 3.63) is 48.2 Å². The Morgan fingerprint density at radius 1 is 1.22 bits per heavy atom. The van der Waals surface area contributed by atoms with Crippen LogP contribution in [0.3, 0.4) is 0 Å². The van der Waals surface area contributed by atoms with Gasteiger partial charge < -0.3 is 5.73 Å². The summed E-state index contributed by atoms with van der Waals surface area (Å²) in [5.74, 6) is 0.276. The van der Waals surface area contributed by atoms with E-state index in [0.29, 0.717) is 5.69 Å². The van der Waals surface area contributed by atoms with Crippen molar-refractivity contribution in [2.75, 3.05) is 10.5 Å². The van der Waals surface area contributed by atoms with E-state index in [1.165, 1.54) is 12.3 Å². The van der Waals surface area contributed by atoms with Gasteiger partial charge in [0.2, 0.25) is 0 Å². The second kappa shape index (κ2) is 4.66. The van der Waals surface area contributed by atoms with Gasteiger partial charge in [0.05, 0.1) is 4.90 Å². The van der Waals surface area contributed by atoms with Crippen LogP contribution in [0.2, 0.25) is 0 Å². The van der Waals surface area contributed by atoms with Crippen molar-refractivity contribution in [3.63, 3.8) is 0 Å². The Bertz CT molecular complexity index is 634. The van der Waals surface area contributed by atoms with Gasteiger partial charge >= 0.3 is 0 Å².